The van der Waals surface area contributed by atoms with Crippen LogP contribution in [-0.4, -0.2) is 44.3 Å². The minimum absolute atomic E-state index is 0.0147. The van der Waals surface area contributed by atoms with Crippen molar-refractivity contribution in [2.75, 3.05) is 17.7 Å². The summed E-state index contributed by atoms with van der Waals surface area (Å²) in [6.45, 7) is 2.61. The highest BCUT2D eigenvalue weighted by atomic mass is 16.5. The predicted octanol–water partition coefficient (Wildman–Crippen LogP) is 3.50. The lowest BCUT2D eigenvalue weighted by molar-refractivity contribution is 0.0273. The minimum atomic E-state index is -0.173. The normalized spacial score (nSPS) is 20.5. The van der Waals surface area contributed by atoms with Gasteiger partial charge in [-0.3, -0.25) is 4.79 Å². The van der Waals surface area contributed by atoms with Gasteiger partial charge in [0.1, 0.15) is 17.2 Å². The molecule has 1 aromatic carbocycles. The van der Waals surface area contributed by atoms with Gasteiger partial charge < -0.3 is 25.3 Å². The Morgan fingerprint density at radius 1 is 1.24 bits per heavy atom. The summed E-state index contributed by atoms with van der Waals surface area (Å²) in [6, 6.07) is 6.21. The first-order chi connectivity index (χ1) is 16.0. The zero-order valence-corrected chi connectivity index (χ0v) is 19.0. The molecule has 3 aromatic heterocycles. The number of nitrogens with one attached hydrogen (secondary N) is 3. The number of benzene rings is 1. The zero-order chi connectivity index (χ0) is 22.7. The fraction of sp³-hybridized carbons (Fsp3) is 0.375. The Bertz CT molecular complexity index is 1400. The van der Waals surface area contributed by atoms with Crippen LogP contribution in [0.3, 0.4) is 0 Å². The van der Waals surface area contributed by atoms with E-state index in [0.29, 0.717) is 23.6 Å². The third-order valence-corrected chi connectivity index (χ3v) is 6.80. The highest BCUT2D eigenvalue weighted by molar-refractivity contribution is 6.00. The molecule has 1 saturated carbocycles. The molecule has 0 unspecified atom stereocenters. The molecule has 2 atom stereocenters. The van der Waals surface area contributed by atoms with Crippen molar-refractivity contribution in [1.82, 2.24) is 24.5 Å². The summed E-state index contributed by atoms with van der Waals surface area (Å²) in [4.78, 5) is 18.0. The van der Waals surface area contributed by atoms with Crippen molar-refractivity contribution in [3.05, 3.63) is 47.3 Å². The number of aryl methyl sites for hydroxylation is 2. The van der Waals surface area contributed by atoms with Gasteiger partial charge >= 0.3 is 0 Å². The molecule has 3 N–H and O–H groups in total. The lowest BCUT2D eigenvalue weighted by atomic mass is 10.1. The molecular formula is C24H27N7O2. The summed E-state index contributed by atoms with van der Waals surface area (Å²) >= 11 is 0. The van der Waals surface area contributed by atoms with Gasteiger partial charge in [0.25, 0.3) is 5.91 Å². The summed E-state index contributed by atoms with van der Waals surface area (Å²) in [5, 5.41) is 15.4. The number of hydrogen-bond acceptors (Lipinski definition) is 6. The van der Waals surface area contributed by atoms with Gasteiger partial charge in [0.15, 0.2) is 5.65 Å². The van der Waals surface area contributed by atoms with Crippen LogP contribution in [0, 0.1) is 6.92 Å². The first-order valence-electron chi connectivity index (χ1n) is 11.4. The maximum atomic E-state index is 13.2. The number of aromatic nitrogens is 4. The van der Waals surface area contributed by atoms with Gasteiger partial charge in [0.05, 0.1) is 36.2 Å². The highest BCUT2D eigenvalue weighted by Gasteiger charge is 2.31. The van der Waals surface area contributed by atoms with E-state index in [1.807, 2.05) is 20.2 Å². The van der Waals surface area contributed by atoms with E-state index in [4.69, 9.17) is 9.72 Å². The van der Waals surface area contributed by atoms with Crippen molar-refractivity contribution in [3.8, 4) is 0 Å². The summed E-state index contributed by atoms with van der Waals surface area (Å²) in [7, 11) is 3.88. The van der Waals surface area contributed by atoms with Gasteiger partial charge in [-0.15, -0.1) is 0 Å². The first kappa shape index (κ1) is 20.0. The topological polar surface area (TPSA) is 97.5 Å². The van der Waals surface area contributed by atoms with Crippen LogP contribution in [-0.2, 0) is 18.4 Å². The number of anilines is 3. The Balaban J connectivity index is 1.58. The van der Waals surface area contributed by atoms with Crippen LogP contribution in [0.1, 0.15) is 40.7 Å². The molecular weight excluding hydrogens is 418 g/mol. The molecule has 2 aliphatic rings. The molecule has 9 nitrogen and oxygen atoms in total. The van der Waals surface area contributed by atoms with Gasteiger partial charge in [0, 0.05) is 31.7 Å². The van der Waals surface area contributed by atoms with Crippen molar-refractivity contribution in [1.29, 1.82) is 0 Å². The molecule has 1 amide bonds. The van der Waals surface area contributed by atoms with E-state index < -0.39 is 0 Å². The summed E-state index contributed by atoms with van der Waals surface area (Å²) in [5.41, 5.74) is 5.30. The molecule has 0 spiro atoms. The van der Waals surface area contributed by atoms with E-state index in [0.717, 1.165) is 41.8 Å². The van der Waals surface area contributed by atoms with E-state index >= 15 is 0 Å². The third kappa shape index (κ3) is 3.22. The fourth-order valence-electron chi connectivity index (χ4n) is 5.22. The molecule has 9 heteroatoms. The molecule has 4 aromatic rings. The predicted molar refractivity (Wildman–Crippen MR) is 127 cm³/mol. The summed E-state index contributed by atoms with van der Waals surface area (Å²) < 4.78 is 10.1. The van der Waals surface area contributed by atoms with E-state index in [1.165, 1.54) is 10.9 Å². The zero-order valence-electron chi connectivity index (χ0n) is 19.0. The van der Waals surface area contributed by atoms with Crippen molar-refractivity contribution in [2.45, 2.75) is 44.9 Å². The van der Waals surface area contributed by atoms with Crippen molar-refractivity contribution < 1.29 is 9.53 Å². The second-order valence-corrected chi connectivity index (χ2v) is 9.02. The molecule has 1 aliphatic heterocycles. The second-order valence-electron chi connectivity index (χ2n) is 9.02. The largest absolute Gasteiger partial charge is 0.373 e. The van der Waals surface area contributed by atoms with Crippen molar-refractivity contribution in [3.63, 3.8) is 0 Å². The van der Waals surface area contributed by atoms with Crippen LogP contribution in [0.15, 0.2) is 30.6 Å². The Morgan fingerprint density at radius 3 is 2.97 bits per heavy atom. The van der Waals surface area contributed by atoms with Gasteiger partial charge in [-0.2, -0.15) is 9.61 Å². The number of carbonyl (C=O) groups excluding carboxylic acids is 1. The molecule has 1 aliphatic carbocycles. The fourth-order valence-corrected chi connectivity index (χ4v) is 5.22. The number of rotatable bonds is 1. The van der Waals surface area contributed by atoms with Crippen LogP contribution in [0.2, 0.25) is 0 Å². The number of fused-ring (bicyclic) bond motifs is 6. The Hall–Kier alpha value is -3.59. The van der Waals surface area contributed by atoms with Crippen LogP contribution in [0.5, 0.6) is 0 Å². The van der Waals surface area contributed by atoms with E-state index in [1.54, 1.807) is 10.7 Å². The van der Waals surface area contributed by atoms with Gasteiger partial charge in [-0.1, -0.05) is 0 Å². The van der Waals surface area contributed by atoms with Crippen LogP contribution in [0.4, 0.5) is 17.3 Å². The quantitative estimate of drug-likeness (QED) is 0.415. The molecule has 170 valence electrons. The lowest BCUT2D eigenvalue weighted by Crippen LogP contribution is -2.41. The maximum absolute atomic E-state index is 13.2. The number of carbonyl (C=O) groups is 1. The average Bonchev–Trinajstić information content (AvgIpc) is 3.49. The standard InChI is InChI=1S/C24H27N7O2/c1-13-11-30(3)22-15(13)7-14-8-18(22)27-20-9-21(25-2)31-23(29-20)16(10-26-31)24(32)28-17-5-4-6-19(17)33-12-14/h7-11,17,19,25H,4-6,12H2,1-3H3,(H,27,29)(H,28,32)/t17-,19-/m1/s1. The van der Waals surface area contributed by atoms with E-state index in [2.05, 4.69) is 50.9 Å². The second kappa shape index (κ2) is 7.48. The molecule has 0 saturated heterocycles. The number of amides is 1. The number of ether oxygens (including phenoxy) is 1. The number of nitrogens with zero attached hydrogens (tertiary/aromatic N) is 4. The molecule has 4 heterocycles. The van der Waals surface area contributed by atoms with E-state index in [-0.39, 0.29) is 18.1 Å². The SMILES string of the molecule is CNc1cc2nc3c(cnn13)C(=O)N[C@@H]1CCC[C@H]1OCc1cc(c3c(c1)c(C)cn3C)N2. The Morgan fingerprint density at radius 2 is 2.12 bits per heavy atom. The molecule has 6 rings (SSSR count). The van der Waals surface area contributed by atoms with Crippen molar-refractivity contribution in [2.24, 2.45) is 7.05 Å². The third-order valence-electron chi connectivity index (χ3n) is 6.80. The highest BCUT2D eigenvalue weighted by Crippen LogP contribution is 2.33. The van der Waals surface area contributed by atoms with E-state index in [9.17, 15) is 4.79 Å². The molecule has 4 bridgehead atoms. The summed E-state index contributed by atoms with van der Waals surface area (Å²) in [5.74, 6) is 1.20. The first-order valence-corrected chi connectivity index (χ1v) is 11.4. The average molecular weight is 446 g/mol. The van der Waals surface area contributed by atoms with Gasteiger partial charge in [0.2, 0.25) is 0 Å². The van der Waals surface area contributed by atoms with Crippen molar-refractivity contribution >= 4 is 39.8 Å². The lowest BCUT2D eigenvalue weighted by Gasteiger charge is -2.22. The van der Waals surface area contributed by atoms with Crippen LogP contribution in [0.25, 0.3) is 16.6 Å². The van der Waals surface area contributed by atoms with Crippen LogP contribution >= 0.6 is 0 Å². The maximum Gasteiger partial charge on any atom is 0.257 e. The minimum Gasteiger partial charge on any atom is -0.373 e. The smallest absolute Gasteiger partial charge is 0.257 e. The molecule has 0 radical (unpaired) electrons. The van der Waals surface area contributed by atoms with Gasteiger partial charge in [-0.25, -0.2) is 4.98 Å². The Labute approximate surface area is 191 Å². The van der Waals surface area contributed by atoms with Gasteiger partial charge in [-0.05, 0) is 49.4 Å². The summed E-state index contributed by atoms with van der Waals surface area (Å²) in [6.07, 6.45) is 6.57. The molecule has 33 heavy (non-hydrogen) atoms. The van der Waals surface area contributed by atoms with Crippen LogP contribution < -0.4 is 16.0 Å². The number of hydrogen-bond donors (Lipinski definition) is 3. The Kier molecular flexibility index (Phi) is 4.55. The molecule has 1 fully saturated rings. The monoisotopic (exact) mass is 445 g/mol.